The number of hydrogen-bond donors (Lipinski definition) is 1. The third kappa shape index (κ3) is 7.36. The molecule has 1 rings (SSSR count). The van der Waals surface area contributed by atoms with Crippen LogP contribution in [0.15, 0.2) is 24.3 Å². The van der Waals surface area contributed by atoms with Crippen molar-refractivity contribution in [1.82, 2.24) is 10.2 Å². The highest BCUT2D eigenvalue weighted by atomic mass is 35.5. The van der Waals surface area contributed by atoms with Gasteiger partial charge in [0.15, 0.2) is 0 Å². The highest BCUT2D eigenvalue weighted by Crippen LogP contribution is 2.13. The van der Waals surface area contributed by atoms with Gasteiger partial charge in [0.25, 0.3) is 0 Å². The monoisotopic (exact) mass is 298 g/mol. The van der Waals surface area contributed by atoms with Gasteiger partial charge in [-0.2, -0.15) is 0 Å². The molecule has 0 radical (unpaired) electrons. The van der Waals surface area contributed by atoms with Crippen LogP contribution in [0.2, 0.25) is 0 Å². The van der Waals surface area contributed by atoms with E-state index in [1.165, 1.54) is 0 Å². The van der Waals surface area contributed by atoms with Gasteiger partial charge in [-0.15, -0.1) is 11.6 Å². The van der Waals surface area contributed by atoms with Gasteiger partial charge in [-0.05, 0) is 38.2 Å². The molecule has 1 N–H and O–H groups in total. The molecule has 0 heterocycles. The van der Waals surface area contributed by atoms with Gasteiger partial charge in [-0.3, -0.25) is 4.79 Å². The molecule has 4 nitrogen and oxygen atoms in total. The minimum Gasteiger partial charge on any atom is -0.492 e. The number of hydrogen-bond acceptors (Lipinski definition) is 3. The molecule has 0 aliphatic heterocycles. The molecular weight excluding hydrogens is 276 g/mol. The molecule has 0 atom stereocenters. The first-order chi connectivity index (χ1) is 9.61. The van der Waals surface area contributed by atoms with E-state index < -0.39 is 0 Å². The van der Waals surface area contributed by atoms with Crippen LogP contribution in [0.25, 0.3) is 0 Å². The van der Waals surface area contributed by atoms with Gasteiger partial charge in [-0.1, -0.05) is 12.1 Å². The van der Waals surface area contributed by atoms with Crippen molar-refractivity contribution < 1.29 is 9.53 Å². The van der Waals surface area contributed by atoms with Crippen LogP contribution in [0.1, 0.15) is 18.4 Å². The van der Waals surface area contributed by atoms with Crippen LogP contribution in [-0.4, -0.2) is 43.9 Å². The summed E-state index contributed by atoms with van der Waals surface area (Å²) in [6.07, 6.45) is 1.18. The Balaban J connectivity index is 2.37. The molecule has 1 aromatic rings. The second kappa shape index (κ2) is 9.61. The van der Waals surface area contributed by atoms with Crippen molar-refractivity contribution in [1.29, 1.82) is 0 Å². The fourth-order valence-corrected chi connectivity index (χ4v) is 1.74. The standard InChI is InChI=1S/C15H23ClN2O2/c1-18(2)9-10-20-14-6-3-5-13(11-14)12-17-15(19)7-4-8-16/h3,5-6,11H,4,7-10,12H2,1-2H3,(H,17,19). The van der Waals surface area contributed by atoms with E-state index in [0.29, 0.717) is 31.9 Å². The first-order valence-corrected chi connectivity index (χ1v) is 7.34. The van der Waals surface area contributed by atoms with Crippen molar-refractivity contribution in [3.63, 3.8) is 0 Å². The normalized spacial score (nSPS) is 10.6. The summed E-state index contributed by atoms with van der Waals surface area (Å²) in [7, 11) is 4.02. The number of amides is 1. The number of alkyl halides is 1. The molecule has 0 fully saturated rings. The van der Waals surface area contributed by atoms with Gasteiger partial charge < -0.3 is 15.0 Å². The molecule has 0 aliphatic carbocycles. The highest BCUT2D eigenvalue weighted by Gasteiger charge is 2.02. The quantitative estimate of drug-likeness (QED) is 0.711. The van der Waals surface area contributed by atoms with Crippen LogP contribution in [0.5, 0.6) is 5.75 Å². The first-order valence-electron chi connectivity index (χ1n) is 6.81. The third-order valence-electron chi connectivity index (χ3n) is 2.73. The molecule has 0 spiro atoms. The molecule has 5 heteroatoms. The van der Waals surface area contributed by atoms with Gasteiger partial charge in [0.05, 0.1) is 0 Å². The average Bonchev–Trinajstić information content (AvgIpc) is 2.43. The summed E-state index contributed by atoms with van der Waals surface area (Å²) in [5.74, 6) is 1.38. The first kappa shape index (κ1) is 16.8. The molecule has 1 amide bonds. The molecule has 0 aliphatic rings. The summed E-state index contributed by atoms with van der Waals surface area (Å²) in [5.41, 5.74) is 1.03. The zero-order chi connectivity index (χ0) is 14.8. The highest BCUT2D eigenvalue weighted by molar-refractivity contribution is 6.17. The van der Waals surface area contributed by atoms with Crippen LogP contribution >= 0.6 is 11.6 Å². The van der Waals surface area contributed by atoms with Crippen molar-refractivity contribution >= 4 is 17.5 Å². The number of likely N-dealkylation sites (N-methyl/N-ethyl adjacent to an activating group) is 1. The van der Waals surface area contributed by atoms with E-state index in [1.54, 1.807) is 0 Å². The SMILES string of the molecule is CN(C)CCOc1cccc(CNC(=O)CCCCl)c1. The second-order valence-corrected chi connectivity index (χ2v) is 5.25. The maximum Gasteiger partial charge on any atom is 0.220 e. The number of benzene rings is 1. The van der Waals surface area contributed by atoms with Crippen LogP contribution in [0.4, 0.5) is 0 Å². The largest absolute Gasteiger partial charge is 0.492 e. The fraction of sp³-hybridized carbons (Fsp3) is 0.533. The van der Waals surface area contributed by atoms with Crippen LogP contribution in [-0.2, 0) is 11.3 Å². The smallest absolute Gasteiger partial charge is 0.220 e. The van der Waals surface area contributed by atoms with Crippen LogP contribution < -0.4 is 10.1 Å². The molecule has 0 saturated heterocycles. The summed E-state index contributed by atoms with van der Waals surface area (Å²) >= 11 is 5.55. The van der Waals surface area contributed by atoms with Gasteiger partial charge in [0.2, 0.25) is 5.91 Å². The van der Waals surface area contributed by atoms with Crippen molar-refractivity contribution in [2.24, 2.45) is 0 Å². The van der Waals surface area contributed by atoms with E-state index in [9.17, 15) is 4.79 Å². The topological polar surface area (TPSA) is 41.6 Å². The maximum absolute atomic E-state index is 11.5. The Bertz CT molecular complexity index is 411. The average molecular weight is 299 g/mol. The minimum atomic E-state index is 0.0320. The Morgan fingerprint density at radius 2 is 2.20 bits per heavy atom. The summed E-state index contributed by atoms with van der Waals surface area (Å²) in [5, 5.41) is 2.87. The Kier molecular flexibility index (Phi) is 8.07. The second-order valence-electron chi connectivity index (χ2n) is 4.87. The maximum atomic E-state index is 11.5. The Morgan fingerprint density at radius 3 is 2.90 bits per heavy atom. The minimum absolute atomic E-state index is 0.0320. The lowest BCUT2D eigenvalue weighted by Crippen LogP contribution is -2.22. The van der Waals surface area contributed by atoms with E-state index in [0.717, 1.165) is 17.9 Å². The number of carbonyl (C=O) groups excluding carboxylic acids is 1. The Labute approximate surface area is 126 Å². The number of carbonyl (C=O) groups is 1. The molecule has 20 heavy (non-hydrogen) atoms. The lowest BCUT2D eigenvalue weighted by molar-refractivity contribution is -0.121. The van der Waals surface area contributed by atoms with Crippen LogP contribution in [0, 0.1) is 0 Å². The van der Waals surface area contributed by atoms with E-state index in [4.69, 9.17) is 16.3 Å². The predicted octanol–water partition coefficient (Wildman–Crippen LogP) is 2.26. The van der Waals surface area contributed by atoms with E-state index in [2.05, 4.69) is 10.2 Å². The van der Waals surface area contributed by atoms with E-state index >= 15 is 0 Å². The molecule has 0 bridgehead atoms. The molecule has 0 unspecified atom stereocenters. The van der Waals surface area contributed by atoms with Gasteiger partial charge >= 0.3 is 0 Å². The van der Waals surface area contributed by atoms with Gasteiger partial charge in [0, 0.05) is 25.4 Å². The lowest BCUT2D eigenvalue weighted by Gasteiger charge is -2.12. The predicted molar refractivity (Wildman–Crippen MR) is 82.3 cm³/mol. The van der Waals surface area contributed by atoms with Crippen molar-refractivity contribution in [2.45, 2.75) is 19.4 Å². The number of nitrogens with one attached hydrogen (secondary N) is 1. The molecule has 1 aromatic carbocycles. The number of halogens is 1. The van der Waals surface area contributed by atoms with E-state index in [1.807, 2.05) is 38.4 Å². The molecule has 0 saturated carbocycles. The number of rotatable bonds is 9. The van der Waals surface area contributed by atoms with Crippen LogP contribution in [0.3, 0.4) is 0 Å². The van der Waals surface area contributed by atoms with Crippen molar-refractivity contribution in [3.05, 3.63) is 29.8 Å². The van der Waals surface area contributed by atoms with E-state index in [-0.39, 0.29) is 5.91 Å². The van der Waals surface area contributed by atoms with Gasteiger partial charge in [-0.25, -0.2) is 0 Å². The van der Waals surface area contributed by atoms with Crippen molar-refractivity contribution in [2.75, 3.05) is 33.1 Å². The summed E-state index contributed by atoms with van der Waals surface area (Å²) in [4.78, 5) is 13.6. The number of ether oxygens (including phenoxy) is 1. The Morgan fingerprint density at radius 1 is 1.40 bits per heavy atom. The fourth-order valence-electron chi connectivity index (χ4n) is 1.61. The Hall–Kier alpha value is -1.26. The number of nitrogens with zero attached hydrogens (tertiary/aromatic N) is 1. The summed E-state index contributed by atoms with van der Waals surface area (Å²) in [6, 6.07) is 7.79. The molecular formula is C15H23ClN2O2. The van der Waals surface area contributed by atoms with Gasteiger partial charge in [0.1, 0.15) is 12.4 Å². The lowest BCUT2D eigenvalue weighted by atomic mass is 10.2. The zero-order valence-corrected chi connectivity index (χ0v) is 12.9. The summed E-state index contributed by atoms with van der Waals surface area (Å²) in [6.45, 7) is 2.05. The van der Waals surface area contributed by atoms with Crippen molar-refractivity contribution in [3.8, 4) is 5.75 Å². The summed E-state index contributed by atoms with van der Waals surface area (Å²) < 4.78 is 5.66. The zero-order valence-electron chi connectivity index (χ0n) is 12.2. The molecule has 0 aromatic heterocycles. The third-order valence-corrected chi connectivity index (χ3v) is 3.00. The molecule has 112 valence electrons.